The van der Waals surface area contributed by atoms with Crippen LogP contribution in [0.2, 0.25) is 0 Å². The maximum atomic E-state index is 12.6. The number of rotatable bonds is 7. The largest absolute Gasteiger partial charge is 0.487 e. The molecule has 1 aliphatic rings. The van der Waals surface area contributed by atoms with Crippen LogP contribution >= 0.6 is 0 Å². The van der Waals surface area contributed by atoms with Crippen molar-refractivity contribution in [2.75, 3.05) is 0 Å². The molecule has 0 radical (unpaired) electrons. The molecule has 3 aromatic rings. The molecule has 1 fully saturated rings. The van der Waals surface area contributed by atoms with Crippen molar-refractivity contribution >= 4 is 16.9 Å². The Bertz CT molecular complexity index is 1040. The molecular weight excluding hydrogens is 398 g/mol. The normalized spacial score (nSPS) is 20.9. The van der Waals surface area contributed by atoms with Crippen molar-refractivity contribution < 1.29 is 14.3 Å². The van der Waals surface area contributed by atoms with Gasteiger partial charge in [0.2, 0.25) is 0 Å². The molecule has 2 aromatic carbocycles. The number of aromatic nitrogens is 1. The summed E-state index contributed by atoms with van der Waals surface area (Å²) in [6.45, 7) is 7.12. The van der Waals surface area contributed by atoms with E-state index in [1.165, 1.54) is 6.42 Å². The second-order valence-electron chi connectivity index (χ2n) is 9.46. The Morgan fingerprint density at radius 2 is 1.81 bits per heavy atom. The fraction of sp³-hybridized carbons (Fsp3) is 0.429. The van der Waals surface area contributed by atoms with Crippen LogP contribution in [0.3, 0.4) is 0 Å². The Balaban J connectivity index is 1.30. The van der Waals surface area contributed by atoms with E-state index in [9.17, 15) is 4.79 Å². The average Bonchev–Trinajstić information content (AvgIpc) is 2.78. The van der Waals surface area contributed by atoms with Crippen molar-refractivity contribution in [2.45, 2.75) is 59.2 Å². The third-order valence-electron chi connectivity index (χ3n) is 6.56. The lowest BCUT2D eigenvalue weighted by atomic mass is 9.75. The van der Waals surface area contributed by atoms with Gasteiger partial charge in [-0.3, -0.25) is 4.79 Å². The van der Waals surface area contributed by atoms with Crippen molar-refractivity contribution in [3.63, 3.8) is 0 Å². The molecule has 3 unspecified atom stereocenters. The topological polar surface area (TPSA) is 48.4 Å². The Kier molecular flexibility index (Phi) is 7.09. The molecule has 1 aliphatic carbocycles. The molecule has 0 saturated heterocycles. The van der Waals surface area contributed by atoms with Crippen LogP contribution in [0.5, 0.6) is 5.75 Å². The molecule has 1 aromatic heterocycles. The van der Waals surface area contributed by atoms with E-state index in [-0.39, 0.29) is 12.1 Å². The highest BCUT2D eigenvalue weighted by atomic mass is 16.5. The molecule has 4 nitrogen and oxygen atoms in total. The van der Waals surface area contributed by atoms with Crippen molar-refractivity contribution in [3.05, 3.63) is 71.9 Å². The summed E-state index contributed by atoms with van der Waals surface area (Å²) in [5.41, 5.74) is 2.79. The number of pyridine rings is 1. The minimum atomic E-state index is -0.135. The first-order chi connectivity index (χ1) is 15.5. The van der Waals surface area contributed by atoms with E-state index in [1.807, 2.05) is 48.5 Å². The minimum Gasteiger partial charge on any atom is -0.487 e. The molecule has 0 amide bonds. The van der Waals surface area contributed by atoms with E-state index in [1.54, 1.807) is 0 Å². The molecule has 0 bridgehead atoms. The number of hydrogen-bond donors (Lipinski definition) is 0. The second kappa shape index (κ2) is 10.2. The molecular formula is C28H33NO3. The molecule has 168 valence electrons. The predicted molar refractivity (Wildman–Crippen MR) is 127 cm³/mol. The highest BCUT2D eigenvalue weighted by Gasteiger charge is 2.33. The third kappa shape index (κ3) is 5.67. The van der Waals surface area contributed by atoms with Gasteiger partial charge in [-0.2, -0.15) is 0 Å². The van der Waals surface area contributed by atoms with Crippen LogP contribution in [0.15, 0.2) is 60.7 Å². The van der Waals surface area contributed by atoms with Gasteiger partial charge in [0.05, 0.1) is 17.6 Å². The van der Waals surface area contributed by atoms with Gasteiger partial charge in [-0.15, -0.1) is 0 Å². The average molecular weight is 432 g/mol. The van der Waals surface area contributed by atoms with Gasteiger partial charge in [-0.05, 0) is 60.4 Å². The highest BCUT2D eigenvalue weighted by molar-refractivity contribution is 5.78. The Labute approximate surface area is 191 Å². The molecule has 0 N–H and O–H groups in total. The highest BCUT2D eigenvalue weighted by Crippen LogP contribution is 2.35. The van der Waals surface area contributed by atoms with Crippen molar-refractivity contribution in [3.8, 4) is 5.75 Å². The number of esters is 1. The van der Waals surface area contributed by atoms with E-state index in [4.69, 9.17) is 9.47 Å². The number of hydrogen-bond acceptors (Lipinski definition) is 4. The van der Waals surface area contributed by atoms with Gasteiger partial charge < -0.3 is 9.47 Å². The number of ether oxygens (including phenoxy) is 2. The number of carbonyl (C=O) groups excluding carboxylic acids is 1. The number of benzene rings is 2. The van der Waals surface area contributed by atoms with E-state index in [0.717, 1.165) is 40.8 Å². The fourth-order valence-electron chi connectivity index (χ4n) is 4.68. The Morgan fingerprint density at radius 1 is 1.03 bits per heavy atom. The third-order valence-corrected chi connectivity index (χ3v) is 6.56. The van der Waals surface area contributed by atoms with Gasteiger partial charge in [0.15, 0.2) is 0 Å². The summed E-state index contributed by atoms with van der Waals surface area (Å²) >= 11 is 0. The molecule has 0 aliphatic heterocycles. The summed E-state index contributed by atoms with van der Waals surface area (Å²) in [7, 11) is 0. The summed E-state index contributed by atoms with van der Waals surface area (Å²) in [5.74, 6) is 2.25. The van der Waals surface area contributed by atoms with Crippen LogP contribution in [0.4, 0.5) is 0 Å². The minimum absolute atomic E-state index is 0.0447. The van der Waals surface area contributed by atoms with Crippen LogP contribution in [-0.2, 0) is 22.6 Å². The zero-order valence-corrected chi connectivity index (χ0v) is 19.3. The summed E-state index contributed by atoms with van der Waals surface area (Å²) in [5, 5.41) is 1.12. The van der Waals surface area contributed by atoms with Gasteiger partial charge in [0.1, 0.15) is 18.5 Å². The number of carbonyl (C=O) groups is 1. The monoisotopic (exact) mass is 431 g/mol. The van der Waals surface area contributed by atoms with Crippen molar-refractivity contribution in [2.24, 2.45) is 17.8 Å². The first-order valence-corrected chi connectivity index (χ1v) is 11.7. The lowest BCUT2D eigenvalue weighted by Gasteiger charge is -2.36. The SMILES string of the molecule is CC1CCC(C(C)C)C(OC(=O)Cc2ccc(OCc3ccc4ccccc4n3)cc2)C1. The summed E-state index contributed by atoms with van der Waals surface area (Å²) in [6, 6.07) is 19.8. The van der Waals surface area contributed by atoms with Crippen molar-refractivity contribution in [1.29, 1.82) is 0 Å². The maximum absolute atomic E-state index is 12.6. The number of fused-ring (bicyclic) bond motifs is 1. The predicted octanol–water partition coefficient (Wildman–Crippen LogP) is 6.36. The first-order valence-electron chi connectivity index (χ1n) is 11.7. The fourth-order valence-corrected chi connectivity index (χ4v) is 4.68. The van der Waals surface area contributed by atoms with Crippen LogP contribution < -0.4 is 4.74 Å². The van der Waals surface area contributed by atoms with Gasteiger partial charge in [0, 0.05) is 5.39 Å². The van der Waals surface area contributed by atoms with E-state index in [2.05, 4.69) is 37.9 Å². The second-order valence-corrected chi connectivity index (χ2v) is 9.46. The van der Waals surface area contributed by atoms with Crippen LogP contribution in [-0.4, -0.2) is 17.1 Å². The molecule has 1 saturated carbocycles. The first kappa shape index (κ1) is 22.3. The molecule has 4 heteroatoms. The van der Waals surface area contributed by atoms with Crippen molar-refractivity contribution in [1.82, 2.24) is 4.98 Å². The molecule has 4 rings (SSSR count). The van der Waals surface area contributed by atoms with E-state index < -0.39 is 0 Å². The van der Waals surface area contributed by atoms with Crippen LogP contribution in [0.25, 0.3) is 10.9 Å². The van der Waals surface area contributed by atoms with E-state index >= 15 is 0 Å². The van der Waals surface area contributed by atoms with Gasteiger partial charge in [-0.25, -0.2) is 4.98 Å². The van der Waals surface area contributed by atoms with Gasteiger partial charge >= 0.3 is 5.97 Å². The summed E-state index contributed by atoms with van der Waals surface area (Å²) in [6.07, 6.45) is 3.69. The zero-order chi connectivity index (χ0) is 22.5. The lowest BCUT2D eigenvalue weighted by Crippen LogP contribution is -2.36. The standard InChI is InChI=1S/C28H33NO3/c1-19(2)25-15-8-20(3)16-27(25)32-28(30)17-21-9-13-24(14-10-21)31-18-23-12-11-22-6-4-5-7-26(22)29-23/h4-7,9-14,19-20,25,27H,8,15-18H2,1-3H3. The Morgan fingerprint density at radius 3 is 2.59 bits per heavy atom. The van der Waals surface area contributed by atoms with Crippen LogP contribution in [0, 0.1) is 17.8 Å². The van der Waals surface area contributed by atoms with Crippen LogP contribution in [0.1, 0.15) is 51.3 Å². The van der Waals surface area contributed by atoms with E-state index in [0.29, 0.717) is 30.8 Å². The smallest absolute Gasteiger partial charge is 0.310 e. The summed E-state index contributed by atoms with van der Waals surface area (Å²) in [4.78, 5) is 17.2. The molecule has 1 heterocycles. The number of para-hydroxylation sites is 1. The lowest BCUT2D eigenvalue weighted by molar-refractivity contribution is -0.155. The summed E-state index contributed by atoms with van der Waals surface area (Å²) < 4.78 is 11.8. The quantitative estimate of drug-likeness (QED) is 0.408. The molecule has 0 spiro atoms. The Hall–Kier alpha value is -2.88. The number of nitrogens with zero attached hydrogens (tertiary/aromatic N) is 1. The molecule has 32 heavy (non-hydrogen) atoms. The van der Waals surface area contributed by atoms with Gasteiger partial charge in [0.25, 0.3) is 0 Å². The van der Waals surface area contributed by atoms with Gasteiger partial charge in [-0.1, -0.05) is 63.6 Å². The zero-order valence-electron chi connectivity index (χ0n) is 19.3. The molecule has 3 atom stereocenters. The maximum Gasteiger partial charge on any atom is 0.310 e.